The van der Waals surface area contributed by atoms with Gasteiger partial charge in [0.05, 0.1) is 17.6 Å². The number of benzene rings is 1. The van der Waals surface area contributed by atoms with Gasteiger partial charge in [0.1, 0.15) is 12.4 Å². The van der Waals surface area contributed by atoms with Gasteiger partial charge in [-0.1, -0.05) is 32.9 Å². The molecule has 0 spiro atoms. The van der Waals surface area contributed by atoms with Gasteiger partial charge in [-0.3, -0.25) is 9.59 Å². The van der Waals surface area contributed by atoms with Crippen LogP contribution in [0.4, 0.5) is 5.82 Å². The first-order valence-electron chi connectivity index (χ1n) is 10.8. The summed E-state index contributed by atoms with van der Waals surface area (Å²) >= 11 is 0. The molecule has 0 aliphatic rings. The number of amides is 2. The molecule has 32 heavy (non-hydrogen) atoms. The molecule has 2 heterocycles. The minimum absolute atomic E-state index is 0.0972. The van der Waals surface area contributed by atoms with Crippen molar-refractivity contribution in [2.75, 3.05) is 11.9 Å². The van der Waals surface area contributed by atoms with Crippen molar-refractivity contribution in [3.8, 4) is 5.69 Å². The zero-order valence-electron chi connectivity index (χ0n) is 19.9. The number of anilines is 1. The highest BCUT2D eigenvalue weighted by Crippen LogP contribution is 2.28. The van der Waals surface area contributed by atoms with Crippen molar-refractivity contribution in [2.24, 2.45) is 0 Å². The van der Waals surface area contributed by atoms with E-state index in [0.29, 0.717) is 5.82 Å². The number of hydrogen-bond acceptors (Lipinski definition) is 4. The van der Waals surface area contributed by atoms with Gasteiger partial charge < -0.3 is 14.6 Å². The van der Waals surface area contributed by atoms with E-state index in [9.17, 15) is 9.59 Å². The van der Waals surface area contributed by atoms with E-state index in [1.807, 2.05) is 52.0 Å². The van der Waals surface area contributed by atoms with Gasteiger partial charge in [0.15, 0.2) is 5.76 Å². The Morgan fingerprint density at radius 3 is 2.47 bits per heavy atom. The molecule has 3 rings (SSSR count). The predicted octanol–water partition coefficient (Wildman–Crippen LogP) is 4.87. The second kappa shape index (κ2) is 9.02. The van der Waals surface area contributed by atoms with Crippen LogP contribution in [0.3, 0.4) is 0 Å². The maximum atomic E-state index is 13.0. The Kier molecular flexibility index (Phi) is 6.57. The molecule has 0 bridgehead atoms. The van der Waals surface area contributed by atoms with Crippen molar-refractivity contribution in [1.82, 2.24) is 14.7 Å². The number of nitrogens with zero attached hydrogens (tertiary/aromatic N) is 3. The molecule has 2 aromatic heterocycles. The van der Waals surface area contributed by atoms with Crippen LogP contribution in [-0.2, 0) is 10.2 Å². The predicted molar refractivity (Wildman–Crippen MR) is 125 cm³/mol. The number of aromatic nitrogens is 2. The summed E-state index contributed by atoms with van der Waals surface area (Å²) in [5.41, 5.74) is 3.80. The maximum Gasteiger partial charge on any atom is 0.290 e. The number of nitrogens with one attached hydrogen (secondary N) is 1. The normalized spacial score (nSPS) is 11.6. The molecule has 1 aromatic carbocycles. The minimum Gasteiger partial charge on any atom is -0.459 e. The lowest BCUT2D eigenvalue weighted by Gasteiger charge is -2.25. The fourth-order valence-corrected chi connectivity index (χ4v) is 3.35. The van der Waals surface area contributed by atoms with E-state index in [1.54, 1.807) is 16.8 Å². The molecule has 1 N–H and O–H groups in total. The Labute approximate surface area is 189 Å². The zero-order valence-corrected chi connectivity index (χ0v) is 19.9. The lowest BCUT2D eigenvalue weighted by Crippen LogP contribution is -2.42. The quantitative estimate of drug-likeness (QED) is 0.598. The van der Waals surface area contributed by atoms with Crippen LogP contribution in [0.2, 0.25) is 0 Å². The fraction of sp³-hybridized carbons (Fsp3) is 0.400. The highest BCUT2D eigenvalue weighted by atomic mass is 16.3. The smallest absolute Gasteiger partial charge is 0.290 e. The van der Waals surface area contributed by atoms with Crippen molar-refractivity contribution in [3.63, 3.8) is 0 Å². The summed E-state index contributed by atoms with van der Waals surface area (Å²) in [6.45, 7) is 14.0. The molecular formula is C25H32N4O3. The Hall–Kier alpha value is -3.35. The molecule has 2 amide bonds. The molecule has 0 saturated heterocycles. The summed E-state index contributed by atoms with van der Waals surface area (Å²) < 4.78 is 7.00. The van der Waals surface area contributed by atoms with E-state index >= 15 is 0 Å². The Bertz CT molecular complexity index is 1100. The fourth-order valence-electron chi connectivity index (χ4n) is 3.35. The molecule has 0 atom stereocenters. The van der Waals surface area contributed by atoms with Crippen molar-refractivity contribution in [2.45, 2.75) is 59.9 Å². The van der Waals surface area contributed by atoms with Crippen LogP contribution in [0.5, 0.6) is 0 Å². The molecule has 0 fully saturated rings. The molecule has 7 nitrogen and oxygen atoms in total. The lowest BCUT2D eigenvalue weighted by atomic mass is 9.92. The standard InChI is InChI=1S/C25H32N4O3/c1-16(2)28(24(31)20-12-9-13-32-20)15-23(30)26-22-14-21(25(5,6)7)27-29(22)19-11-8-10-17(3)18(19)4/h8-14,16H,15H2,1-7H3,(H,26,30). The average molecular weight is 437 g/mol. The summed E-state index contributed by atoms with van der Waals surface area (Å²) in [5, 5.41) is 7.77. The number of aryl methyl sites for hydroxylation is 1. The molecule has 0 saturated carbocycles. The van der Waals surface area contributed by atoms with Crippen LogP contribution in [-0.4, -0.2) is 39.1 Å². The zero-order chi connectivity index (χ0) is 23.6. The number of carbonyl (C=O) groups is 2. The van der Waals surface area contributed by atoms with Gasteiger partial charge in [-0.15, -0.1) is 0 Å². The first-order chi connectivity index (χ1) is 15.0. The highest BCUT2D eigenvalue weighted by Gasteiger charge is 2.26. The summed E-state index contributed by atoms with van der Waals surface area (Å²) in [5.74, 6) is 0.161. The summed E-state index contributed by atoms with van der Waals surface area (Å²) in [6, 6.07) is 11.0. The van der Waals surface area contributed by atoms with Gasteiger partial charge in [-0.25, -0.2) is 4.68 Å². The molecule has 0 aliphatic heterocycles. The van der Waals surface area contributed by atoms with Crippen LogP contribution >= 0.6 is 0 Å². The van der Waals surface area contributed by atoms with Crippen LogP contribution in [0, 0.1) is 13.8 Å². The Morgan fingerprint density at radius 2 is 1.88 bits per heavy atom. The summed E-state index contributed by atoms with van der Waals surface area (Å²) in [4.78, 5) is 27.3. The second-order valence-electron chi connectivity index (χ2n) is 9.35. The van der Waals surface area contributed by atoms with Crippen LogP contribution < -0.4 is 5.32 Å². The maximum absolute atomic E-state index is 13.0. The Balaban J connectivity index is 1.91. The average Bonchev–Trinajstić information content (AvgIpc) is 3.37. The third-order valence-electron chi connectivity index (χ3n) is 5.48. The van der Waals surface area contributed by atoms with Crippen LogP contribution in [0.1, 0.15) is 62.0 Å². The first-order valence-corrected chi connectivity index (χ1v) is 10.8. The van der Waals surface area contributed by atoms with E-state index in [-0.39, 0.29) is 35.6 Å². The molecular weight excluding hydrogens is 404 g/mol. The van der Waals surface area contributed by atoms with E-state index in [2.05, 4.69) is 26.1 Å². The monoisotopic (exact) mass is 436 g/mol. The second-order valence-corrected chi connectivity index (χ2v) is 9.35. The summed E-state index contributed by atoms with van der Waals surface area (Å²) in [6.07, 6.45) is 1.45. The number of hydrogen-bond donors (Lipinski definition) is 1. The topological polar surface area (TPSA) is 80.4 Å². The van der Waals surface area contributed by atoms with Gasteiger partial charge in [0.2, 0.25) is 5.91 Å². The molecule has 0 radical (unpaired) electrons. The largest absolute Gasteiger partial charge is 0.459 e. The van der Waals surface area contributed by atoms with Crippen molar-refractivity contribution < 1.29 is 14.0 Å². The summed E-state index contributed by atoms with van der Waals surface area (Å²) in [7, 11) is 0. The minimum atomic E-state index is -0.321. The SMILES string of the molecule is Cc1cccc(-n2nc(C(C)(C)C)cc2NC(=O)CN(C(=O)c2ccco2)C(C)C)c1C. The molecule has 0 unspecified atom stereocenters. The van der Waals surface area contributed by atoms with Gasteiger partial charge >= 0.3 is 0 Å². The van der Waals surface area contributed by atoms with E-state index in [4.69, 9.17) is 9.52 Å². The Morgan fingerprint density at radius 1 is 1.16 bits per heavy atom. The van der Waals surface area contributed by atoms with E-state index in [0.717, 1.165) is 22.5 Å². The highest BCUT2D eigenvalue weighted by molar-refractivity contribution is 5.98. The number of carbonyl (C=O) groups excluding carboxylic acids is 2. The number of rotatable bonds is 6. The third kappa shape index (κ3) is 4.93. The van der Waals surface area contributed by atoms with Gasteiger partial charge in [-0.2, -0.15) is 5.10 Å². The van der Waals surface area contributed by atoms with Gasteiger partial charge in [-0.05, 0) is 57.0 Å². The third-order valence-corrected chi connectivity index (χ3v) is 5.48. The lowest BCUT2D eigenvalue weighted by molar-refractivity contribution is -0.117. The van der Waals surface area contributed by atoms with Gasteiger partial charge in [0, 0.05) is 17.5 Å². The van der Waals surface area contributed by atoms with Crippen LogP contribution in [0.25, 0.3) is 5.69 Å². The van der Waals surface area contributed by atoms with Crippen LogP contribution in [0.15, 0.2) is 47.1 Å². The van der Waals surface area contributed by atoms with Gasteiger partial charge in [0.25, 0.3) is 5.91 Å². The number of furan rings is 1. The molecule has 170 valence electrons. The molecule has 0 aliphatic carbocycles. The van der Waals surface area contributed by atoms with E-state index in [1.165, 1.54) is 11.2 Å². The first kappa shape index (κ1) is 23.3. The van der Waals surface area contributed by atoms with Crippen molar-refractivity contribution in [3.05, 3.63) is 65.2 Å². The van der Waals surface area contributed by atoms with Crippen molar-refractivity contribution >= 4 is 17.6 Å². The molecule has 3 aromatic rings. The van der Waals surface area contributed by atoms with E-state index < -0.39 is 0 Å². The molecule has 7 heteroatoms. The van der Waals surface area contributed by atoms with Crippen molar-refractivity contribution in [1.29, 1.82) is 0 Å².